The van der Waals surface area contributed by atoms with Crippen LogP contribution in [0.2, 0.25) is 0 Å². The fourth-order valence-corrected chi connectivity index (χ4v) is 3.65. The molecule has 166 valence electrons. The third-order valence-electron chi connectivity index (χ3n) is 5.57. The highest BCUT2D eigenvalue weighted by Crippen LogP contribution is 2.23. The van der Waals surface area contributed by atoms with Crippen LogP contribution in [-0.2, 0) is 17.6 Å². The summed E-state index contributed by atoms with van der Waals surface area (Å²) in [5.74, 6) is -1.21. The van der Waals surface area contributed by atoms with Gasteiger partial charge in [0.2, 0.25) is 0 Å². The van der Waals surface area contributed by atoms with E-state index in [1.807, 2.05) is 24.4 Å². The van der Waals surface area contributed by atoms with E-state index in [-0.39, 0.29) is 12.3 Å². The van der Waals surface area contributed by atoms with Crippen molar-refractivity contribution in [1.82, 2.24) is 10.3 Å². The summed E-state index contributed by atoms with van der Waals surface area (Å²) in [5.41, 5.74) is 11.1. The number of pyridine rings is 1. The van der Waals surface area contributed by atoms with E-state index in [1.54, 1.807) is 24.3 Å². The standard InChI is InChI=1S/C27H25N3O3/c28-24(27(32)33)15-19-7-11-21(12-8-19)26(31)29-14-13-18-5-9-20(10-6-18)23-16-22-3-1-2-4-25(22)30-17-23/h1-12,16-17,24H,13-15,28H2,(H,29,31)(H,32,33). The number of hydrogen-bond acceptors (Lipinski definition) is 4. The van der Waals surface area contributed by atoms with Crippen molar-refractivity contribution in [2.45, 2.75) is 18.9 Å². The molecule has 0 aliphatic heterocycles. The summed E-state index contributed by atoms with van der Waals surface area (Å²) >= 11 is 0. The fourth-order valence-electron chi connectivity index (χ4n) is 3.65. The van der Waals surface area contributed by atoms with Crippen LogP contribution >= 0.6 is 0 Å². The molecule has 6 nitrogen and oxygen atoms in total. The molecule has 0 saturated heterocycles. The molecule has 0 radical (unpaired) electrons. The summed E-state index contributed by atoms with van der Waals surface area (Å²) in [5, 5.41) is 12.9. The summed E-state index contributed by atoms with van der Waals surface area (Å²) in [6, 6.07) is 24.4. The van der Waals surface area contributed by atoms with E-state index >= 15 is 0 Å². The minimum absolute atomic E-state index is 0.164. The second-order valence-corrected chi connectivity index (χ2v) is 7.97. The molecule has 4 rings (SSSR count). The molecule has 4 aromatic rings. The first-order valence-electron chi connectivity index (χ1n) is 10.8. The van der Waals surface area contributed by atoms with Gasteiger partial charge in [-0.25, -0.2) is 0 Å². The number of nitrogens with zero attached hydrogens (tertiary/aromatic N) is 1. The molecule has 6 heteroatoms. The molecule has 1 heterocycles. The number of amides is 1. The van der Waals surface area contributed by atoms with Crippen LogP contribution in [0.3, 0.4) is 0 Å². The van der Waals surface area contributed by atoms with Crippen LogP contribution in [0.25, 0.3) is 22.0 Å². The van der Waals surface area contributed by atoms with Crippen molar-refractivity contribution in [2.24, 2.45) is 5.73 Å². The van der Waals surface area contributed by atoms with Crippen molar-refractivity contribution in [1.29, 1.82) is 0 Å². The minimum atomic E-state index is -1.04. The van der Waals surface area contributed by atoms with Crippen molar-refractivity contribution >= 4 is 22.8 Å². The third kappa shape index (κ3) is 5.61. The Morgan fingerprint density at radius 3 is 2.33 bits per heavy atom. The number of carboxylic acids is 1. The number of carboxylic acid groups (broad SMARTS) is 1. The number of aromatic nitrogens is 1. The molecule has 0 aliphatic carbocycles. The lowest BCUT2D eigenvalue weighted by molar-refractivity contribution is -0.138. The summed E-state index contributed by atoms with van der Waals surface area (Å²) in [6.07, 6.45) is 2.83. The molecule has 0 saturated carbocycles. The van der Waals surface area contributed by atoms with Gasteiger partial charge in [-0.1, -0.05) is 54.6 Å². The lowest BCUT2D eigenvalue weighted by Crippen LogP contribution is -2.32. The summed E-state index contributed by atoms with van der Waals surface area (Å²) in [4.78, 5) is 27.8. The lowest BCUT2D eigenvalue weighted by Gasteiger charge is -2.09. The van der Waals surface area contributed by atoms with Crippen molar-refractivity contribution < 1.29 is 14.7 Å². The van der Waals surface area contributed by atoms with Gasteiger partial charge in [0.05, 0.1) is 5.52 Å². The third-order valence-corrected chi connectivity index (χ3v) is 5.57. The SMILES string of the molecule is NC(Cc1ccc(C(=O)NCCc2ccc(-c3cnc4ccccc4c3)cc2)cc1)C(=O)O. The van der Waals surface area contributed by atoms with Gasteiger partial charge in [0, 0.05) is 29.3 Å². The quantitative estimate of drug-likeness (QED) is 0.387. The molecular formula is C27H25N3O3. The Morgan fingerprint density at radius 1 is 0.909 bits per heavy atom. The lowest BCUT2D eigenvalue weighted by atomic mass is 10.0. The van der Waals surface area contributed by atoms with Crippen LogP contribution in [-0.4, -0.2) is 34.6 Å². The number of carbonyl (C=O) groups excluding carboxylic acids is 1. The monoisotopic (exact) mass is 439 g/mol. The Kier molecular flexibility index (Phi) is 6.76. The molecule has 1 aromatic heterocycles. The topological polar surface area (TPSA) is 105 Å². The van der Waals surface area contributed by atoms with Gasteiger partial charge < -0.3 is 16.2 Å². The van der Waals surface area contributed by atoms with Crippen molar-refractivity contribution in [3.05, 3.63) is 102 Å². The van der Waals surface area contributed by atoms with Crippen LogP contribution in [0.15, 0.2) is 85.1 Å². The number of benzene rings is 3. The highest BCUT2D eigenvalue weighted by atomic mass is 16.4. The van der Waals surface area contributed by atoms with E-state index in [0.717, 1.165) is 33.2 Å². The minimum Gasteiger partial charge on any atom is -0.480 e. The molecule has 0 aliphatic rings. The highest BCUT2D eigenvalue weighted by molar-refractivity contribution is 5.94. The number of para-hydroxylation sites is 1. The number of hydrogen-bond donors (Lipinski definition) is 3. The fraction of sp³-hybridized carbons (Fsp3) is 0.148. The largest absolute Gasteiger partial charge is 0.480 e. The van der Waals surface area contributed by atoms with E-state index in [9.17, 15) is 9.59 Å². The van der Waals surface area contributed by atoms with E-state index in [4.69, 9.17) is 10.8 Å². The number of rotatable bonds is 8. The molecule has 0 fully saturated rings. The number of nitrogens with one attached hydrogen (secondary N) is 1. The van der Waals surface area contributed by atoms with Crippen LogP contribution in [0.5, 0.6) is 0 Å². The second-order valence-electron chi connectivity index (χ2n) is 7.97. The second kappa shape index (κ2) is 10.1. The van der Waals surface area contributed by atoms with Gasteiger partial charge in [-0.2, -0.15) is 0 Å². The average Bonchev–Trinajstić information content (AvgIpc) is 2.84. The smallest absolute Gasteiger partial charge is 0.320 e. The first kappa shape index (κ1) is 22.2. The van der Waals surface area contributed by atoms with E-state index < -0.39 is 12.0 Å². The molecule has 1 atom stereocenters. The average molecular weight is 440 g/mol. The van der Waals surface area contributed by atoms with Gasteiger partial charge in [-0.05, 0) is 53.8 Å². The number of fused-ring (bicyclic) bond motifs is 1. The molecule has 0 bridgehead atoms. The van der Waals surface area contributed by atoms with Crippen LogP contribution in [0, 0.1) is 0 Å². The summed E-state index contributed by atoms with van der Waals surface area (Å²) in [6.45, 7) is 0.515. The Labute approximate surface area is 192 Å². The zero-order chi connectivity index (χ0) is 23.2. The Balaban J connectivity index is 1.30. The summed E-state index contributed by atoms with van der Waals surface area (Å²) < 4.78 is 0. The molecule has 4 N–H and O–H groups in total. The van der Waals surface area contributed by atoms with Crippen molar-refractivity contribution in [2.75, 3.05) is 6.54 Å². The molecule has 3 aromatic carbocycles. The van der Waals surface area contributed by atoms with Crippen LogP contribution in [0.4, 0.5) is 0 Å². The van der Waals surface area contributed by atoms with Gasteiger partial charge >= 0.3 is 5.97 Å². The van der Waals surface area contributed by atoms with Crippen molar-refractivity contribution in [3.8, 4) is 11.1 Å². The Morgan fingerprint density at radius 2 is 1.61 bits per heavy atom. The van der Waals surface area contributed by atoms with Crippen molar-refractivity contribution in [3.63, 3.8) is 0 Å². The van der Waals surface area contributed by atoms with Gasteiger partial charge in [0.25, 0.3) is 5.91 Å². The normalized spacial score (nSPS) is 11.8. The molecule has 33 heavy (non-hydrogen) atoms. The van der Waals surface area contributed by atoms with Crippen LogP contribution in [0.1, 0.15) is 21.5 Å². The first-order chi connectivity index (χ1) is 16.0. The number of nitrogens with two attached hydrogens (primary N) is 1. The van der Waals surface area contributed by atoms with Crippen LogP contribution < -0.4 is 11.1 Å². The number of aliphatic carboxylic acids is 1. The van der Waals surface area contributed by atoms with E-state index in [1.165, 1.54) is 0 Å². The first-order valence-corrected chi connectivity index (χ1v) is 10.8. The molecule has 0 spiro atoms. The van der Waals surface area contributed by atoms with Gasteiger partial charge in [-0.15, -0.1) is 0 Å². The Hall–Kier alpha value is -4.03. The predicted octanol–water partition coefficient (Wildman–Crippen LogP) is 3.83. The van der Waals surface area contributed by atoms with E-state index in [0.29, 0.717) is 18.5 Å². The maximum atomic E-state index is 12.4. The maximum absolute atomic E-state index is 12.4. The Bertz CT molecular complexity index is 1270. The zero-order valence-electron chi connectivity index (χ0n) is 18.1. The highest BCUT2D eigenvalue weighted by Gasteiger charge is 2.12. The molecule has 1 amide bonds. The predicted molar refractivity (Wildman–Crippen MR) is 129 cm³/mol. The molecular weight excluding hydrogens is 414 g/mol. The van der Waals surface area contributed by atoms with Gasteiger partial charge in [0.1, 0.15) is 6.04 Å². The summed E-state index contributed by atoms with van der Waals surface area (Å²) in [7, 11) is 0. The van der Waals surface area contributed by atoms with Gasteiger partial charge in [-0.3, -0.25) is 14.6 Å². The van der Waals surface area contributed by atoms with E-state index in [2.05, 4.69) is 46.7 Å². The zero-order valence-corrected chi connectivity index (χ0v) is 18.1. The maximum Gasteiger partial charge on any atom is 0.320 e. The molecule has 1 unspecified atom stereocenters. The number of carbonyl (C=O) groups is 2. The van der Waals surface area contributed by atoms with Gasteiger partial charge in [0.15, 0.2) is 0 Å².